The van der Waals surface area contributed by atoms with E-state index in [2.05, 4.69) is 10.6 Å². The number of rotatable bonds is 8. The summed E-state index contributed by atoms with van der Waals surface area (Å²) in [6.45, 7) is 9.62. The van der Waals surface area contributed by atoms with Gasteiger partial charge in [0.1, 0.15) is 11.8 Å². The molecule has 146 valence electrons. The van der Waals surface area contributed by atoms with E-state index in [9.17, 15) is 9.59 Å². The first-order chi connectivity index (χ1) is 12.8. The van der Waals surface area contributed by atoms with Crippen LogP contribution in [-0.2, 0) is 4.79 Å². The summed E-state index contributed by atoms with van der Waals surface area (Å²) in [4.78, 5) is 24.9. The van der Waals surface area contributed by atoms with Crippen molar-refractivity contribution in [1.82, 2.24) is 10.6 Å². The van der Waals surface area contributed by atoms with Crippen molar-refractivity contribution in [3.05, 3.63) is 54.0 Å². The first-order valence-electron chi connectivity index (χ1n) is 9.19. The number of nitrogens with one attached hydrogen (secondary N) is 2. The molecule has 2 rings (SSSR count). The van der Waals surface area contributed by atoms with Crippen LogP contribution in [-0.4, -0.2) is 24.0 Å². The van der Waals surface area contributed by atoms with Crippen LogP contribution in [0.15, 0.2) is 47.1 Å². The molecule has 2 N–H and O–H groups in total. The van der Waals surface area contributed by atoms with Gasteiger partial charge in [0, 0.05) is 0 Å². The average molecular weight is 372 g/mol. The number of hydrogen-bond donors (Lipinski definition) is 2. The van der Waals surface area contributed by atoms with Crippen molar-refractivity contribution in [2.45, 2.75) is 52.8 Å². The molecule has 2 amide bonds. The quantitative estimate of drug-likeness (QED) is 0.740. The van der Waals surface area contributed by atoms with E-state index >= 15 is 0 Å². The van der Waals surface area contributed by atoms with E-state index in [1.807, 2.05) is 58.9 Å². The lowest BCUT2D eigenvalue weighted by Gasteiger charge is -2.24. The third-order valence-corrected chi connectivity index (χ3v) is 4.09. The summed E-state index contributed by atoms with van der Waals surface area (Å²) >= 11 is 0. The molecule has 2 unspecified atom stereocenters. The molecule has 0 aliphatic carbocycles. The van der Waals surface area contributed by atoms with Crippen molar-refractivity contribution in [3.63, 3.8) is 0 Å². The number of carbonyl (C=O) groups excluding carboxylic acids is 2. The van der Waals surface area contributed by atoms with E-state index in [1.54, 1.807) is 12.1 Å². The van der Waals surface area contributed by atoms with Gasteiger partial charge in [0.15, 0.2) is 5.76 Å². The standard InChI is InChI=1S/C21H28N2O4/c1-13(2)19(23-20(24)18-7-6-12-26-18)21(25)22-15(5)16-8-10-17(11-9-16)27-14(3)4/h6-15,19H,1-5H3,(H,22,25)(H,23,24). The molecule has 1 aromatic carbocycles. The van der Waals surface area contributed by atoms with Crippen LogP contribution < -0.4 is 15.4 Å². The van der Waals surface area contributed by atoms with Gasteiger partial charge < -0.3 is 19.8 Å². The maximum Gasteiger partial charge on any atom is 0.287 e. The van der Waals surface area contributed by atoms with Crippen LogP contribution in [0.25, 0.3) is 0 Å². The Balaban J connectivity index is 2.00. The second kappa shape index (κ2) is 9.26. The van der Waals surface area contributed by atoms with Crippen LogP contribution >= 0.6 is 0 Å². The SMILES string of the molecule is CC(C)Oc1ccc(C(C)NC(=O)C(NC(=O)c2ccco2)C(C)C)cc1. The van der Waals surface area contributed by atoms with Crippen molar-refractivity contribution < 1.29 is 18.7 Å². The van der Waals surface area contributed by atoms with E-state index in [1.165, 1.54) is 6.26 Å². The summed E-state index contributed by atoms with van der Waals surface area (Å²) in [5, 5.41) is 5.70. The molecular formula is C21H28N2O4. The molecule has 0 fully saturated rings. The Bertz CT molecular complexity index is 736. The molecule has 0 aliphatic rings. The van der Waals surface area contributed by atoms with Crippen molar-refractivity contribution in [2.24, 2.45) is 5.92 Å². The van der Waals surface area contributed by atoms with Crippen LogP contribution in [0.2, 0.25) is 0 Å². The third kappa shape index (κ3) is 5.88. The van der Waals surface area contributed by atoms with Crippen molar-refractivity contribution >= 4 is 11.8 Å². The van der Waals surface area contributed by atoms with Gasteiger partial charge in [-0.1, -0.05) is 26.0 Å². The van der Waals surface area contributed by atoms with Crippen molar-refractivity contribution in [2.75, 3.05) is 0 Å². The van der Waals surface area contributed by atoms with E-state index < -0.39 is 11.9 Å². The molecule has 2 aromatic rings. The zero-order valence-electron chi connectivity index (χ0n) is 16.5. The second-order valence-corrected chi connectivity index (χ2v) is 7.14. The number of hydrogen-bond acceptors (Lipinski definition) is 4. The highest BCUT2D eigenvalue weighted by Crippen LogP contribution is 2.19. The maximum absolute atomic E-state index is 12.7. The minimum absolute atomic E-state index is 0.0714. The molecule has 0 radical (unpaired) electrons. The summed E-state index contributed by atoms with van der Waals surface area (Å²) in [5.74, 6) is 0.259. The van der Waals surface area contributed by atoms with Crippen LogP contribution in [0.5, 0.6) is 5.75 Å². The minimum atomic E-state index is -0.659. The fraction of sp³-hybridized carbons (Fsp3) is 0.429. The summed E-state index contributed by atoms with van der Waals surface area (Å²) in [6.07, 6.45) is 1.53. The van der Waals surface area contributed by atoms with E-state index in [4.69, 9.17) is 9.15 Å². The lowest BCUT2D eigenvalue weighted by molar-refractivity contribution is -0.124. The van der Waals surface area contributed by atoms with Gasteiger partial charge in [-0.05, 0) is 56.5 Å². The Hall–Kier alpha value is -2.76. The Labute approximate surface area is 160 Å². The van der Waals surface area contributed by atoms with Crippen molar-refractivity contribution in [3.8, 4) is 5.75 Å². The van der Waals surface area contributed by atoms with Gasteiger partial charge in [-0.25, -0.2) is 0 Å². The monoisotopic (exact) mass is 372 g/mol. The molecule has 0 bridgehead atoms. The fourth-order valence-electron chi connectivity index (χ4n) is 2.65. The fourth-order valence-corrected chi connectivity index (χ4v) is 2.65. The Kier molecular flexibility index (Phi) is 7.05. The molecule has 1 aromatic heterocycles. The van der Waals surface area contributed by atoms with E-state index in [0.717, 1.165) is 11.3 Å². The molecule has 0 saturated heterocycles. The zero-order chi connectivity index (χ0) is 20.0. The second-order valence-electron chi connectivity index (χ2n) is 7.14. The summed E-state index contributed by atoms with van der Waals surface area (Å²) in [7, 11) is 0. The van der Waals surface area contributed by atoms with E-state index in [0.29, 0.717) is 0 Å². The first-order valence-corrected chi connectivity index (χ1v) is 9.19. The molecule has 0 aliphatic heterocycles. The molecule has 1 heterocycles. The lowest BCUT2D eigenvalue weighted by atomic mass is 10.0. The first kappa shape index (κ1) is 20.6. The highest BCUT2D eigenvalue weighted by molar-refractivity contribution is 5.95. The zero-order valence-corrected chi connectivity index (χ0v) is 16.5. The number of benzene rings is 1. The van der Waals surface area contributed by atoms with Crippen LogP contribution in [0, 0.1) is 5.92 Å². The Morgan fingerprint density at radius 2 is 1.63 bits per heavy atom. The molecule has 2 atom stereocenters. The highest BCUT2D eigenvalue weighted by Gasteiger charge is 2.26. The predicted molar refractivity (Wildman–Crippen MR) is 104 cm³/mol. The topological polar surface area (TPSA) is 80.6 Å². The van der Waals surface area contributed by atoms with Gasteiger partial charge >= 0.3 is 0 Å². The summed E-state index contributed by atoms with van der Waals surface area (Å²) < 4.78 is 10.7. The van der Waals surface area contributed by atoms with Gasteiger partial charge in [-0.3, -0.25) is 9.59 Å². The van der Waals surface area contributed by atoms with Gasteiger partial charge in [0.25, 0.3) is 5.91 Å². The molecule has 6 heteroatoms. The molecule has 6 nitrogen and oxygen atoms in total. The molecule has 0 saturated carbocycles. The van der Waals surface area contributed by atoms with Crippen LogP contribution in [0.3, 0.4) is 0 Å². The van der Waals surface area contributed by atoms with Gasteiger partial charge in [0.05, 0.1) is 18.4 Å². The number of ether oxygens (including phenoxy) is 1. The summed E-state index contributed by atoms with van der Waals surface area (Å²) in [5.41, 5.74) is 0.958. The Morgan fingerprint density at radius 1 is 0.963 bits per heavy atom. The normalized spacial score (nSPS) is 13.3. The number of carbonyl (C=O) groups is 2. The van der Waals surface area contributed by atoms with E-state index in [-0.39, 0.29) is 29.7 Å². The van der Waals surface area contributed by atoms with Crippen LogP contribution in [0.4, 0.5) is 0 Å². The van der Waals surface area contributed by atoms with Crippen LogP contribution in [0.1, 0.15) is 56.8 Å². The lowest BCUT2D eigenvalue weighted by Crippen LogP contribution is -2.50. The minimum Gasteiger partial charge on any atom is -0.491 e. The third-order valence-electron chi connectivity index (χ3n) is 4.09. The molecular weight excluding hydrogens is 344 g/mol. The average Bonchev–Trinajstić information content (AvgIpc) is 3.13. The highest BCUT2D eigenvalue weighted by atomic mass is 16.5. The summed E-state index contributed by atoms with van der Waals surface area (Å²) in [6, 6.07) is 9.96. The molecule has 27 heavy (non-hydrogen) atoms. The number of amides is 2. The van der Waals surface area contributed by atoms with Gasteiger partial charge in [-0.15, -0.1) is 0 Å². The predicted octanol–water partition coefficient (Wildman–Crippen LogP) is 3.70. The largest absolute Gasteiger partial charge is 0.491 e. The van der Waals surface area contributed by atoms with Gasteiger partial charge in [0.2, 0.25) is 5.91 Å². The maximum atomic E-state index is 12.7. The Morgan fingerprint density at radius 3 is 2.15 bits per heavy atom. The van der Waals surface area contributed by atoms with Gasteiger partial charge in [-0.2, -0.15) is 0 Å². The smallest absolute Gasteiger partial charge is 0.287 e. The molecule has 0 spiro atoms. The van der Waals surface area contributed by atoms with Crippen molar-refractivity contribution in [1.29, 1.82) is 0 Å². The number of furan rings is 1.